The molecule has 2 aromatic rings. The van der Waals surface area contributed by atoms with E-state index in [1.807, 2.05) is 38.5 Å². The summed E-state index contributed by atoms with van der Waals surface area (Å²) in [5.41, 5.74) is 3.53. The lowest BCUT2D eigenvalue weighted by molar-refractivity contribution is 1.11. The number of benzene rings is 1. The molecule has 0 spiro atoms. The van der Waals surface area contributed by atoms with Gasteiger partial charge in [0.15, 0.2) is 0 Å². The zero-order chi connectivity index (χ0) is 12.8. The van der Waals surface area contributed by atoms with Crippen LogP contribution in [0.1, 0.15) is 11.3 Å². The maximum absolute atomic E-state index is 4.29. The van der Waals surface area contributed by atoms with Crippen LogP contribution in [0.4, 0.5) is 5.69 Å². The average molecular weight is 238 g/mol. The summed E-state index contributed by atoms with van der Waals surface area (Å²) in [6.07, 6.45) is 6.98. The van der Waals surface area contributed by atoms with E-state index in [9.17, 15) is 0 Å². The molecule has 0 aliphatic heterocycles. The fraction of sp³-hybridized carbons (Fsp3) is 0.188. The van der Waals surface area contributed by atoms with Crippen molar-refractivity contribution in [3.8, 4) is 0 Å². The topological polar surface area (TPSA) is 16.1 Å². The van der Waals surface area contributed by atoms with E-state index in [1.54, 1.807) is 0 Å². The largest absolute Gasteiger partial charge is 0.378 e. The minimum Gasteiger partial charge on any atom is -0.378 e. The average Bonchev–Trinajstić information content (AvgIpc) is 2.40. The molecule has 0 atom stereocenters. The van der Waals surface area contributed by atoms with E-state index in [4.69, 9.17) is 0 Å². The second-order valence-corrected chi connectivity index (χ2v) is 4.41. The van der Waals surface area contributed by atoms with Crippen LogP contribution in [0.5, 0.6) is 0 Å². The van der Waals surface area contributed by atoms with Crippen LogP contribution in [-0.4, -0.2) is 19.1 Å². The van der Waals surface area contributed by atoms with Crippen molar-refractivity contribution >= 4 is 11.8 Å². The molecule has 0 saturated carbocycles. The van der Waals surface area contributed by atoms with Gasteiger partial charge in [0.1, 0.15) is 0 Å². The maximum Gasteiger partial charge on any atom is 0.0441 e. The zero-order valence-electron chi connectivity index (χ0n) is 10.9. The molecule has 0 aliphatic rings. The fourth-order valence-corrected chi connectivity index (χ4v) is 1.72. The van der Waals surface area contributed by atoms with E-state index >= 15 is 0 Å². The van der Waals surface area contributed by atoms with Crippen molar-refractivity contribution in [1.29, 1.82) is 0 Å². The van der Waals surface area contributed by atoms with Gasteiger partial charge in [0.2, 0.25) is 0 Å². The van der Waals surface area contributed by atoms with Crippen molar-refractivity contribution in [2.75, 3.05) is 19.0 Å². The van der Waals surface area contributed by atoms with Crippen molar-refractivity contribution in [2.45, 2.75) is 6.42 Å². The van der Waals surface area contributed by atoms with Gasteiger partial charge in [-0.3, -0.25) is 4.98 Å². The second-order valence-electron chi connectivity index (χ2n) is 4.41. The van der Waals surface area contributed by atoms with Crippen LogP contribution in [0.2, 0.25) is 0 Å². The van der Waals surface area contributed by atoms with Crippen LogP contribution in [-0.2, 0) is 6.42 Å². The van der Waals surface area contributed by atoms with Crippen molar-refractivity contribution < 1.29 is 0 Å². The highest BCUT2D eigenvalue weighted by Crippen LogP contribution is 2.13. The highest BCUT2D eigenvalue weighted by atomic mass is 15.1. The Morgan fingerprint density at radius 2 is 1.83 bits per heavy atom. The molecule has 0 N–H and O–H groups in total. The molecule has 0 fully saturated rings. The summed E-state index contributed by atoms with van der Waals surface area (Å²) in [6, 6.07) is 14.5. The molecule has 2 heteroatoms. The Morgan fingerprint density at radius 3 is 2.44 bits per heavy atom. The van der Waals surface area contributed by atoms with Crippen molar-refractivity contribution in [3.63, 3.8) is 0 Å². The molecule has 0 saturated heterocycles. The van der Waals surface area contributed by atoms with E-state index in [1.165, 1.54) is 11.3 Å². The summed E-state index contributed by atoms with van der Waals surface area (Å²) in [6.45, 7) is 0. The van der Waals surface area contributed by atoms with Crippen molar-refractivity contribution in [2.24, 2.45) is 0 Å². The SMILES string of the molecule is CN(C)c1ccc(/C=C/Cc2ccccn2)cc1. The Labute approximate surface area is 109 Å². The number of pyridine rings is 1. The molecular formula is C16H18N2. The molecule has 2 rings (SSSR count). The summed E-state index contributed by atoms with van der Waals surface area (Å²) in [5.74, 6) is 0. The minimum absolute atomic E-state index is 0.871. The third-order valence-electron chi connectivity index (χ3n) is 2.77. The van der Waals surface area contributed by atoms with Crippen LogP contribution in [0.15, 0.2) is 54.7 Å². The quantitative estimate of drug-likeness (QED) is 0.811. The Morgan fingerprint density at radius 1 is 1.06 bits per heavy atom. The zero-order valence-corrected chi connectivity index (χ0v) is 10.9. The van der Waals surface area contributed by atoms with Gasteiger partial charge in [0, 0.05) is 38.1 Å². The standard InChI is InChI=1S/C16H18N2/c1-18(2)16-11-9-14(10-12-16)6-5-8-15-7-3-4-13-17-15/h3-7,9-13H,8H2,1-2H3/b6-5+. The predicted octanol–water partition coefficient (Wildman–Crippen LogP) is 3.40. The summed E-state index contributed by atoms with van der Waals surface area (Å²) in [4.78, 5) is 6.39. The van der Waals surface area contributed by atoms with Gasteiger partial charge in [-0.1, -0.05) is 30.4 Å². The Kier molecular flexibility index (Phi) is 4.13. The van der Waals surface area contributed by atoms with Gasteiger partial charge in [-0.2, -0.15) is 0 Å². The lowest BCUT2D eigenvalue weighted by Gasteiger charge is -2.11. The highest BCUT2D eigenvalue weighted by Gasteiger charge is 1.93. The van der Waals surface area contributed by atoms with Gasteiger partial charge in [0.05, 0.1) is 0 Å². The molecule has 92 valence electrons. The summed E-state index contributed by atoms with van der Waals surface area (Å²) >= 11 is 0. The third-order valence-corrected chi connectivity index (χ3v) is 2.77. The van der Waals surface area contributed by atoms with E-state index in [-0.39, 0.29) is 0 Å². The number of nitrogens with zero attached hydrogens (tertiary/aromatic N) is 2. The number of hydrogen-bond acceptors (Lipinski definition) is 2. The number of anilines is 1. The van der Waals surface area contributed by atoms with Gasteiger partial charge in [0.25, 0.3) is 0 Å². The Bertz CT molecular complexity index is 498. The van der Waals surface area contributed by atoms with Gasteiger partial charge in [-0.15, -0.1) is 0 Å². The number of hydrogen-bond donors (Lipinski definition) is 0. The van der Waals surface area contributed by atoms with Gasteiger partial charge in [-0.25, -0.2) is 0 Å². The first-order chi connectivity index (χ1) is 8.75. The number of allylic oxidation sites excluding steroid dienone is 1. The fourth-order valence-electron chi connectivity index (χ4n) is 1.72. The normalized spacial score (nSPS) is 10.8. The first-order valence-corrected chi connectivity index (χ1v) is 6.09. The third kappa shape index (κ3) is 3.45. The van der Waals surface area contributed by atoms with Crippen LogP contribution in [0.25, 0.3) is 6.08 Å². The first kappa shape index (κ1) is 12.4. The first-order valence-electron chi connectivity index (χ1n) is 6.09. The summed E-state index contributed by atoms with van der Waals surface area (Å²) < 4.78 is 0. The molecule has 0 unspecified atom stereocenters. The van der Waals surface area contributed by atoms with Gasteiger partial charge < -0.3 is 4.90 Å². The summed E-state index contributed by atoms with van der Waals surface area (Å²) in [7, 11) is 4.10. The Hall–Kier alpha value is -2.09. The van der Waals surface area contributed by atoms with E-state index in [2.05, 4.69) is 46.3 Å². The van der Waals surface area contributed by atoms with Gasteiger partial charge >= 0.3 is 0 Å². The molecule has 0 amide bonds. The number of aromatic nitrogens is 1. The number of rotatable bonds is 4. The second kappa shape index (κ2) is 6.01. The molecule has 0 aliphatic carbocycles. The van der Waals surface area contributed by atoms with E-state index in [0.29, 0.717) is 0 Å². The smallest absolute Gasteiger partial charge is 0.0441 e. The minimum atomic E-state index is 0.871. The van der Waals surface area contributed by atoms with Crippen LogP contribution in [0.3, 0.4) is 0 Å². The molecule has 18 heavy (non-hydrogen) atoms. The highest BCUT2D eigenvalue weighted by molar-refractivity contribution is 5.55. The lowest BCUT2D eigenvalue weighted by Crippen LogP contribution is -2.07. The van der Waals surface area contributed by atoms with Crippen LogP contribution < -0.4 is 4.90 Å². The molecular weight excluding hydrogens is 220 g/mol. The lowest BCUT2D eigenvalue weighted by atomic mass is 10.1. The summed E-state index contributed by atoms with van der Waals surface area (Å²) in [5, 5.41) is 0. The Balaban J connectivity index is 1.97. The van der Waals surface area contributed by atoms with Crippen LogP contribution in [0, 0.1) is 0 Å². The molecule has 2 nitrogen and oxygen atoms in total. The molecule has 0 radical (unpaired) electrons. The molecule has 1 aromatic heterocycles. The van der Waals surface area contributed by atoms with Crippen molar-refractivity contribution in [1.82, 2.24) is 4.98 Å². The van der Waals surface area contributed by atoms with E-state index < -0.39 is 0 Å². The van der Waals surface area contributed by atoms with Gasteiger partial charge in [-0.05, 0) is 29.8 Å². The van der Waals surface area contributed by atoms with Crippen molar-refractivity contribution in [3.05, 3.63) is 66.0 Å². The molecule has 1 heterocycles. The van der Waals surface area contributed by atoms with Crippen LogP contribution >= 0.6 is 0 Å². The predicted molar refractivity (Wildman–Crippen MR) is 77.7 cm³/mol. The van der Waals surface area contributed by atoms with E-state index in [0.717, 1.165) is 12.1 Å². The maximum atomic E-state index is 4.29. The monoisotopic (exact) mass is 238 g/mol. The molecule has 1 aromatic carbocycles. The molecule has 0 bridgehead atoms.